The summed E-state index contributed by atoms with van der Waals surface area (Å²) in [6.45, 7) is 1.37. The van der Waals surface area contributed by atoms with Crippen LogP contribution in [0.5, 0.6) is 0 Å². The molecule has 0 atom stereocenters. The molecule has 0 N–H and O–H groups in total. The van der Waals surface area contributed by atoms with Crippen LogP contribution in [0, 0.1) is 0 Å². The van der Waals surface area contributed by atoms with Crippen LogP contribution in [0.25, 0.3) is 0 Å². The Morgan fingerprint density at radius 3 is 1.95 bits per heavy atom. The first-order valence-electron chi connectivity index (χ1n) is 6.51. The molecular weight excluding hydrogens is 270 g/mol. The van der Waals surface area contributed by atoms with Crippen molar-refractivity contribution in [1.29, 1.82) is 0 Å². The van der Waals surface area contributed by atoms with Crippen LogP contribution in [0.15, 0.2) is 60.7 Å². The van der Waals surface area contributed by atoms with E-state index >= 15 is 0 Å². The number of carbonyl (C=O) groups excluding carboxylic acids is 1. The molecule has 0 spiro atoms. The lowest BCUT2D eigenvalue weighted by Gasteiger charge is -2.29. The smallest absolute Gasteiger partial charge is 0.216 e. The first kappa shape index (κ1) is 16.4. The van der Waals surface area contributed by atoms with E-state index in [0.29, 0.717) is 11.0 Å². The van der Waals surface area contributed by atoms with Gasteiger partial charge in [0.2, 0.25) is 5.78 Å². The molecule has 2 aromatic rings. The molecular formula is C17H20ClNO. The maximum atomic E-state index is 12.2. The third kappa shape index (κ3) is 4.80. The summed E-state index contributed by atoms with van der Waals surface area (Å²) in [5.41, 5.74) is 2.05. The van der Waals surface area contributed by atoms with Gasteiger partial charge in [0.1, 0.15) is 13.1 Å². The molecule has 0 aliphatic rings. The van der Waals surface area contributed by atoms with E-state index < -0.39 is 0 Å². The topological polar surface area (TPSA) is 17.1 Å². The summed E-state index contributed by atoms with van der Waals surface area (Å²) in [7, 11) is 4.18. The standard InChI is InChI=1S/C17H20NO.ClH/c1-18(2,13-15-9-5-3-6-10-15)14-17(19)16-11-7-4-8-12-16;/h3-12H,13-14H2,1-2H3;1H/q+1;/p-1. The second kappa shape index (κ2) is 7.22. The molecule has 0 aromatic heterocycles. The molecule has 0 saturated heterocycles. The first-order valence-corrected chi connectivity index (χ1v) is 6.51. The minimum atomic E-state index is 0. The number of hydrogen-bond donors (Lipinski definition) is 0. The number of benzene rings is 2. The highest BCUT2D eigenvalue weighted by Gasteiger charge is 2.21. The van der Waals surface area contributed by atoms with Gasteiger partial charge < -0.3 is 16.9 Å². The molecule has 0 amide bonds. The van der Waals surface area contributed by atoms with E-state index in [9.17, 15) is 4.79 Å². The van der Waals surface area contributed by atoms with Crippen LogP contribution in [0.2, 0.25) is 0 Å². The highest BCUT2D eigenvalue weighted by Crippen LogP contribution is 2.11. The average molecular weight is 290 g/mol. The zero-order chi connectivity index (χ0) is 13.7. The van der Waals surface area contributed by atoms with E-state index in [4.69, 9.17) is 0 Å². The van der Waals surface area contributed by atoms with E-state index in [0.717, 1.165) is 12.1 Å². The van der Waals surface area contributed by atoms with Crippen LogP contribution in [-0.2, 0) is 6.54 Å². The van der Waals surface area contributed by atoms with Crippen molar-refractivity contribution in [2.24, 2.45) is 0 Å². The van der Waals surface area contributed by atoms with E-state index in [1.807, 2.05) is 48.5 Å². The van der Waals surface area contributed by atoms with Crippen molar-refractivity contribution in [3.63, 3.8) is 0 Å². The van der Waals surface area contributed by atoms with Gasteiger partial charge in [0.25, 0.3) is 0 Å². The van der Waals surface area contributed by atoms with Crippen LogP contribution < -0.4 is 12.4 Å². The zero-order valence-corrected chi connectivity index (χ0v) is 12.7. The van der Waals surface area contributed by atoms with Gasteiger partial charge in [-0.05, 0) is 0 Å². The Bertz CT molecular complexity index is 537. The highest BCUT2D eigenvalue weighted by molar-refractivity contribution is 5.96. The summed E-state index contributed by atoms with van der Waals surface area (Å²) < 4.78 is 0.664. The van der Waals surface area contributed by atoms with Gasteiger partial charge in [-0.15, -0.1) is 0 Å². The minimum Gasteiger partial charge on any atom is -1.00 e. The van der Waals surface area contributed by atoms with E-state index in [1.165, 1.54) is 5.56 Å². The number of halogens is 1. The first-order chi connectivity index (χ1) is 9.07. The SMILES string of the molecule is C[N+](C)(CC(=O)c1ccccc1)Cc1ccccc1.[Cl-]. The number of Topliss-reactive ketones (excluding diaryl/α,β-unsaturated/α-hetero) is 1. The third-order valence-corrected chi connectivity index (χ3v) is 3.12. The number of nitrogens with zero attached hydrogens (tertiary/aromatic N) is 1. The van der Waals surface area contributed by atoms with Crippen molar-refractivity contribution in [2.45, 2.75) is 6.54 Å². The number of quaternary nitrogens is 1. The second-order valence-electron chi connectivity index (χ2n) is 5.53. The molecule has 0 aliphatic heterocycles. The van der Waals surface area contributed by atoms with Crippen LogP contribution in [0.1, 0.15) is 15.9 Å². The van der Waals surface area contributed by atoms with Crippen molar-refractivity contribution in [2.75, 3.05) is 20.6 Å². The van der Waals surface area contributed by atoms with Gasteiger partial charge in [-0.1, -0.05) is 60.7 Å². The predicted octanol–water partition coefficient (Wildman–Crippen LogP) is 0.150. The predicted molar refractivity (Wildman–Crippen MR) is 77.9 cm³/mol. The van der Waals surface area contributed by atoms with Gasteiger partial charge >= 0.3 is 0 Å². The lowest BCUT2D eigenvalue weighted by molar-refractivity contribution is -0.895. The van der Waals surface area contributed by atoms with Gasteiger partial charge in [0, 0.05) is 11.1 Å². The van der Waals surface area contributed by atoms with Crippen LogP contribution in [0.3, 0.4) is 0 Å². The molecule has 20 heavy (non-hydrogen) atoms. The Balaban J connectivity index is 0.00000200. The fraction of sp³-hybridized carbons (Fsp3) is 0.235. The van der Waals surface area contributed by atoms with Crippen molar-refractivity contribution >= 4 is 5.78 Å². The normalized spacial score (nSPS) is 10.7. The highest BCUT2D eigenvalue weighted by atomic mass is 35.5. The van der Waals surface area contributed by atoms with E-state index in [2.05, 4.69) is 26.2 Å². The van der Waals surface area contributed by atoms with Gasteiger partial charge in [-0.3, -0.25) is 4.79 Å². The van der Waals surface area contributed by atoms with Crippen LogP contribution in [-0.4, -0.2) is 30.9 Å². The Hall–Kier alpha value is -1.64. The summed E-state index contributed by atoms with van der Waals surface area (Å²) in [5, 5.41) is 0. The van der Waals surface area contributed by atoms with Crippen molar-refractivity contribution in [3.05, 3.63) is 71.8 Å². The Labute approximate surface area is 127 Å². The molecule has 106 valence electrons. The summed E-state index contributed by atoms with van der Waals surface area (Å²) in [4.78, 5) is 12.2. The monoisotopic (exact) mass is 289 g/mol. The Morgan fingerprint density at radius 1 is 0.900 bits per heavy atom. The molecule has 2 rings (SSSR count). The molecule has 0 unspecified atom stereocenters. The minimum absolute atomic E-state index is 0. The molecule has 0 radical (unpaired) electrons. The Kier molecular flexibility index (Phi) is 5.93. The molecule has 2 nitrogen and oxygen atoms in total. The average Bonchev–Trinajstić information content (AvgIpc) is 2.39. The van der Waals surface area contributed by atoms with Crippen molar-refractivity contribution < 1.29 is 21.7 Å². The van der Waals surface area contributed by atoms with Gasteiger partial charge in [0.05, 0.1) is 14.1 Å². The number of carbonyl (C=O) groups is 1. The fourth-order valence-corrected chi connectivity index (χ4v) is 2.24. The van der Waals surface area contributed by atoms with E-state index in [1.54, 1.807) is 0 Å². The second-order valence-corrected chi connectivity index (χ2v) is 5.53. The fourth-order valence-electron chi connectivity index (χ4n) is 2.24. The molecule has 0 saturated carbocycles. The lowest BCUT2D eigenvalue weighted by atomic mass is 10.1. The number of rotatable bonds is 5. The third-order valence-electron chi connectivity index (χ3n) is 3.12. The Morgan fingerprint density at radius 2 is 1.40 bits per heavy atom. The van der Waals surface area contributed by atoms with Crippen LogP contribution in [0.4, 0.5) is 0 Å². The van der Waals surface area contributed by atoms with Crippen molar-refractivity contribution in [3.8, 4) is 0 Å². The molecule has 2 aromatic carbocycles. The maximum absolute atomic E-state index is 12.2. The molecule has 3 heteroatoms. The van der Waals surface area contributed by atoms with Crippen LogP contribution >= 0.6 is 0 Å². The molecule has 0 fully saturated rings. The molecule has 0 bridgehead atoms. The number of hydrogen-bond acceptors (Lipinski definition) is 1. The summed E-state index contributed by atoms with van der Waals surface area (Å²) in [5.74, 6) is 0.196. The molecule has 0 heterocycles. The molecule has 0 aliphatic carbocycles. The van der Waals surface area contributed by atoms with Gasteiger partial charge in [-0.25, -0.2) is 0 Å². The zero-order valence-electron chi connectivity index (χ0n) is 11.9. The summed E-state index contributed by atoms with van der Waals surface area (Å²) in [6.07, 6.45) is 0. The lowest BCUT2D eigenvalue weighted by Crippen LogP contribution is -3.00. The largest absolute Gasteiger partial charge is 1.00 e. The number of likely N-dealkylation sites (N-methyl/N-ethyl adjacent to an activating group) is 1. The van der Waals surface area contributed by atoms with Crippen molar-refractivity contribution in [1.82, 2.24) is 0 Å². The van der Waals surface area contributed by atoms with Gasteiger partial charge in [-0.2, -0.15) is 0 Å². The summed E-state index contributed by atoms with van der Waals surface area (Å²) in [6, 6.07) is 19.8. The maximum Gasteiger partial charge on any atom is 0.216 e. The quantitative estimate of drug-likeness (QED) is 0.566. The number of ketones is 1. The van der Waals surface area contributed by atoms with E-state index in [-0.39, 0.29) is 18.2 Å². The van der Waals surface area contributed by atoms with Gasteiger partial charge in [0.15, 0.2) is 0 Å². The summed E-state index contributed by atoms with van der Waals surface area (Å²) >= 11 is 0.